The van der Waals surface area contributed by atoms with Crippen LogP contribution in [0, 0.1) is 13.8 Å². The highest BCUT2D eigenvalue weighted by Crippen LogP contribution is 2.23. The molecule has 0 spiro atoms. The highest BCUT2D eigenvalue weighted by molar-refractivity contribution is 6.03. The molecule has 9 heteroatoms. The average Bonchev–Trinajstić information content (AvgIpc) is 2.91. The Morgan fingerprint density at radius 2 is 2.08 bits per heavy atom. The molecule has 1 fully saturated rings. The Kier molecular flexibility index (Phi) is 4.73. The number of aliphatic hydroxyl groups is 1. The molecule has 0 aliphatic carbocycles. The third-order valence-electron chi connectivity index (χ3n) is 4.72. The summed E-state index contributed by atoms with van der Waals surface area (Å²) >= 11 is 0. The predicted molar refractivity (Wildman–Crippen MR) is 94.6 cm³/mol. The Hall–Kier alpha value is -2.81. The summed E-state index contributed by atoms with van der Waals surface area (Å²) in [4.78, 5) is 30.9. The minimum atomic E-state index is -0.889. The Bertz CT molecular complexity index is 766. The summed E-state index contributed by atoms with van der Waals surface area (Å²) < 4.78 is 5.63. The van der Waals surface area contributed by atoms with Gasteiger partial charge in [-0.1, -0.05) is 6.07 Å². The number of amides is 3. The molecule has 3 rings (SSSR count). The first-order chi connectivity index (χ1) is 12.3. The largest absolute Gasteiger partial charge is 0.491 e. The van der Waals surface area contributed by atoms with Gasteiger partial charge in [0.05, 0.1) is 6.54 Å². The molecule has 4 N–H and O–H groups in total. The molecule has 2 heterocycles. The van der Waals surface area contributed by atoms with Crippen LogP contribution in [0.2, 0.25) is 0 Å². The molecular weight excluding hydrogens is 338 g/mol. The minimum Gasteiger partial charge on any atom is -0.491 e. The number of imide groups is 1. The van der Waals surface area contributed by atoms with Crippen LogP contribution in [0.3, 0.4) is 0 Å². The number of rotatable bonds is 5. The van der Waals surface area contributed by atoms with E-state index in [0.29, 0.717) is 5.75 Å². The molecule has 0 saturated carbocycles. The number of urea groups is 1. The number of likely N-dealkylation sites (N-methyl/N-ethyl adjacent to an activating group) is 1. The lowest BCUT2D eigenvalue weighted by Gasteiger charge is -2.36. The van der Waals surface area contributed by atoms with Crippen LogP contribution in [0.1, 0.15) is 11.1 Å². The standard InChI is InChI=1S/C17H23N5O4/c1-9-4-5-12(6-10(9)2)26-8-11(23)7-22-13-14(19-16(22)18)21(3)17(25)20-15(13)24/h4-6,11,13-14,23H,7-8H2,1-3H3,(H2,18,19)(H,20,24,25). The topological polar surface area (TPSA) is 120 Å². The maximum absolute atomic E-state index is 12.2. The van der Waals surface area contributed by atoms with E-state index in [1.807, 2.05) is 32.0 Å². The van der Waals surface area contributed by atoms with Gasteiger partial charge in [0.2, 0.25) is 0 Å². The van der Waals surface area contributed by atoms with E-state index in [-0.39, 0.29) is 19.1 Å². The summed E-state index contributed by atoms with van der Waals surface area (Å²) in [6, 6.07) is 4.42. The molecular formula is C17H23N5O4. The van der Waals surface area contributed by atoms with Crippen molar-refractivity contribution >= 4 is 17.9 Å². The zero-order chi connectivity index (χ0) is 19.0. The number of fused-ring (bicyclic) bond motifs is 1. The van der Waals surface area contributed by atoms with Gasteiger partial charge in [-0.2, -0.15) is 0 Å². The number of ether oxygens (including phenoxy) is 1. The highest BCUT2D eigenvalue weighted by Gasteiger charge is 2.48. The smallest absolute Gasteiger partial charge is 0.325 e. The number of nitrogens with zero attached hydrogens (tertiary/aromatic N) is 3. The van der Waals surface area contributed by atoms with E-state index in [9.17, 15) is 14.7 Å². The Balaban J connectivity index is 1.62. The molecule has 1 aromatic rings. The van der Waals surface area contributed by atoms with Gasteiger partial charge in [-0.25, -0.2) is 9.79 Å². The number of aliphatic imine (C=N–C) groups is 1. The summed E-state index contributed by atoms with van der Waals surface area (Å²) in [5.74, 6) is 0.292. The Morgan fingerprint density at radius 1 is 1.35 bits per heavy atom. The fourth-order valence-electron chi connectivity index (χ4n) is 3.03. The van der Waals surface area contributed by atoms with E-state index >= 15 is 0 Å². The van der Waals surface area contributed by atoms with Crippen LogP contribution in [0.15, 0.2) is 23.2 Å². The van der Waals surface area contributed by atoms with Gasteiger partial charge < -0.3 is 25.4 Å². The second-order valence-electron chi connectivity index (χ2n) is 6.61. The number of benzene rings is 1. The zero-order valence-corrected chi connectivity index (χ0v) is 15.0. The first-order valence-corrected chi connectivity index (χ1v) is 8.33. The van der Waals surface area contributed by atoms with Gasteiger partial charge in [0.25, 0.3) is 5.91 Å². The minimum absolute atomic E-state index is 0.0417. The quantitative estimate of drug-likeness (QED) is 0.653. The molecule has 3 atom stereocenters. The average molecular weight is 361 g/mol. The van der Waals surface area contributed by atoms with E-state index in [0.717, 1.165) is 11.1 Å². The SMILES string of the molecule is Cc1ccc(OCC(O)CN2C(N)=NC3C2C(=O)NC(=O)N3C)cc1C. The molecule has 3 unspecified atom stereocenters. The molecule has 0 radical (unpaired) electrons. The number of nitrogens with one attached hydrogen (secondary N) is 1. The van der Waals surface area contributed by atoms with E-state index < -0.39 is 30.2 Å². The van der Waals surface area contributed by atoms with Crippen LogP contribution in [0.4, 0.5) is 4.79 Å². The van der Waals surface area contributed by atoms with Crippen molar-refractivity contribution in [2.75, 3.05) is 20.2 Å². The summed E-state index contributed by atoms with van der Waals surface area (Å²) in [6.07, 6.45) is -1.58. The number of nitrogens with two attached hydrogens (primary N) is 1. The maximum Gasteiger partial charge on any atom is 0.325 e. The van der Waals surface area contributed by atoms with Crippen LogP contribution in [0.25, 0.3) is 0 Å². The van der Waals surface area contributed by atoms with Crippen LogP contribution in [-0.4, -0.2) is 71.3 Å². The number of aliphatic hydroxyl groups excluding tert-OH is 1. The maximum atomic E-state index is 12.2. The van der Waals surface area contributed by atoms with Crippen molar-refractivity contribution in [1.29, 1.82) is 0 Å². The molecule has 140 valence electrons. The molecule has 0 bridgehead atoms. The molecule has 2 aliphatic heterocycles. The van der Waals surface area contributed by atoms with Gasteiger partial charge in [-0.15, -0.1) is 0 Å². The molecule has 2 aliphatic rings. The third kappa shape index (κ3) is 3.30. The monoisotopic (exact) mass is 361 g/mol. The third-order valence-corrected chi connectivity index (χ3v) is 4.72. The first kappa shape index (κ1) is 18.0. The van der Waals surface area contributed by atoms with Crippen molar-refractivity contribution < 1.29 is 19.4 Å². The van der Waals surface area contributed by atoms with Gasteiger partial charge in [0.15, 0.2) is 18.2 Å². The van der Waals surface area contributed by atoms with Crippen LogP contribution >= 0.6 is 0 Å². The predicted octanol–water partition coefficient (Wildman–Crippen LogP) is -0.450. The van der Waals surface area contributed by atoms with Gasteiger partial charge in [-0.05, 0) is 37.1 Å². The summed E-state index contributed by atoms with van der Waals surface area (Å²) in [5.41, 5.74) is 8.17. The number of guanidine groups is 1. The second kappa shape index (κ2) is 6.83. The van der Waals surface area contributed by atoms with Crippen LogP contribution in [-0.2, 0) is 4.79 Å². The van der Waals surface area contributed by atoms with E-state index in [1.54, 1.807) is 7.05 Å². The summed E-state index contributed by atoms with van der Waals surface area (Å²) in [6.45, 7) is 4.10. The molecule has 3 amide bonds. The lowest BCUT2D eigenvalue weighted by molar-refractivity contribution is -0.127. The Morgan fingerprint density at radius 3 is 2.77 bits per heavy atom. The molecule has 1 aromatic carbocycles. The van der Waals surface area contributed by atoms with Gasteiger partial charge in [0, 0.05) is 7.05 Å². The normalized spacial score (nSPS) is 23.5. The van der Waals surface area contributed by atoms with Gasteiger partial charge >= 0.3 is 6.03 Å². The van der Waals surface area contributed by atoms with Crippen molar-refractivity contribution in [3.8, 4) is 5.75 Å². The number of hydrogen-bond donors (Lipinski definition) is 3. The fourth-order valence-corrected chi connectivity index (χ4v) is 3.03. The molecule has 9 nitrogen and oxygen atoms in total. The van der Waals surface area contributed by atoms with Gasteiger partial charge in [0.1, 0.15) is 18.5 Å². The van der Waals surface area contributed by atoms with E-state index in [2.05, 4.69) is 10.3 Å². The van der Waals surface area contributed by atoms with Crippen molar-refractivity contribution in [1.82, 2.24) is 15.1 Å². The van der Waals surface area contributed by atoms with Crippen molar-refractivity contribution in [2.24, 2.45) is 10.7 Å². The van der Waals surface area contributed by atoms with Crippen LogP contribution < -0.4 is 15.8 Å². The van der Waals surface area contributed by atoms with E-state index in [4.69, 9.17) is 10.5 Å². The molecule has 26 heavy (non-hydrogen) atoms. The molecule has 1 saturated heterocycles. The number of hydrogen-bond acceptors (Lipinski definition) is 7. The van der Waals surface area contributed by atoms with Crippen LogP contribution in [0.5, 0.6) is 5.75 Å². The lowest BCUT2D eigenvalue weighted by Crippen LogP contribution is -2.64. The number of aryl methyl sites for hydroxylation is 2. The first-order valence-electron chi connectivity index (χ1n) is 8.33. The number of carbonyl (C=O) groups excluding carboxylic acids is 2. The summed E-state index contributed by atoms with van der Waals surface area (Å²) in [7, 11) is 1.54. The van der Waals surface area contributed by atoms with E-state index in [1.165, 1.54) is 9.80 Å². The zero-order valence-electron chi connectivity index (χ0n) is 15.0. The van der Waals surface area contributed by atoms with Crippen molar-refractivity contribution in [3.63, 3.8) is 0 Å². The second-order valence-corrected chi connectivity index (χ2v) is 6.61. The van der Waals surface area contributed by atoms with Gasteiger partial charge in [-0.3, -0.25) is 10.1 Å². The summed E-state index contributed by atoms with van der Waals surface area (Å²) in [5, 5.41) is 12.6. The highest BCUT2D eigenvalue weighted by atomic mass is 16.5. The van der Waals surface area contributed by atoms with Crippen molar-refractivity contribution in [3.05, 3.63) is 29.3 Å². The fraction of sp³-hybridized carbons (Fsp3) is 0.471. The molecule has 0 aromatic heterocycles. The Labute approximate surface area is 151 Å². The lowest BCUT2D eigenvalue weighted by atomic mass is 10.1. The number of β-amino-alcohol motifs (C(OH)–C–C–N with tert-alkyl or cyclic N) is 1. The number of carbonyl (C=O) groups is 2. The van der Waals surface area contributed by atoms with Crippen molar-refractivity contribution in [2.45, 2.75) is 32.2 Å².